The van der Waals surface area contributed by atoms with E-state index < -0.39 is 0 Å². The summed E-state index contributed by atoms with van der Waals surface area (Å²) in [6.45, 7) is 4.16. The lowest BCUT2D eigenvalue weighted by atomic mass is 9.97. The number of anilines is 1. The molecule has 0 spiro atoms. The smallest absolute Gasteiger partial charge is 0.228 e. The maximum Gasteiger partial charge on any atom is 0.228 e. The summed E-state index contributed by atoms with van der Waals surface area (Å²) in [4.78, 5) is 0. The predicted octanol–water partition coefficient (Wildman–Crippen LogP) is 7.64. The number of benzene rings is 4. The monoisotopic (exact) mass is 484 g/mol. The molecule has 5 nitrogen and oxygen atoms in total. The standard InChI is InChI=1S/C32H28N4O/c1-23-18-20-25(21-19-23)29-22-30(35(34-29)26-12-6-3-7-13-26)31-24(2)33-36(27-14-8-4-9-15-27)32(31)37-28-16-10-5-11-17-28/h3-21,30H,22H2,1-2H3. The average molecular weight is 485 g/mol. The van der Waals surface area contributed by atoms with E-state index in [1.54, 1.807) is 0 Å². The highest BCUT2D eigenvalue weighted by molar-refractivity contribution is 6.03. The van der Waals surface area contributed by atoms with Crippen molar-refractivity contribution in [2.24, 2.45) is 5.10 Å². The van der Waals surface area contributed by atoms with E-state index in [0.717, 1.165) is 46.1 Å². The zero-order chi connectivity index (χ0) is 25.2. The van der Waals surface area contributed by atoms with Gasteiger partial charge in [-0.25, -0.2) is 4.68 Å². The van der Waals surface area contributed by atoms with Gasteiger partial charge in [-0.2, -0.15) is 10.2 Å². The quantitative estimate of drug-likeness (QED) is 0.249. The Bertz CT molecular complexity index is 1530. The van der Waals surface area contributed by atoms with Crippen LogP contribution in [0.3, 0.4) is 0 Å². The van der Waals surface area contributed by atoms with Crippen LogP contribution in [0.4, 0.5) is 5.69 Å². The Morgan fingerprint density at radius 2 is 1.30 bits per heavy atom. The van der Waals surface area contributed by atoms with E-state index in [1.165, 1.54) is 5.56 Å². The fourth-order valence-electron chi connectivity index (χ4n) is 4.82. The zero-order valence-corrected chi connectivity index (χ0v) is 21.0. The van der Waals surface area contributed by atoms with Gasteiger partial charge in [-0.1, -0.05) is 84.4 Å². The average Bonchev–Trinajstić information content (AvgIpc) is 3.51. The lowest BCUT2D eigenvalue weighted by Gasteiger charge is -2.24. The molecule has 5 heteroatoms. The van der Waals surface area contributed by atoms with Crippen molar-refractivity contribution in [3.63, 3.8) is 0 Å². The van der Waals surface area contributed by atoms with Gasteiger partial charge >= 0.3 is 0 Å². The number of aryl methyl sites for hydroxylation is 2. The molecule has 0 saturated heterocycles. The van der Waals surface area contributed by atoms with Gasteiger partial charge in [0.1, 0.15) is 5.75 Å². The topological polar surface area (TPSA) is 42.7 Å². The van der Waals surface area contributed by atoms with Crippen LogP contribution in [0.25, 0.3) is 5.69 Å². The van der Waals surface area contributed by atoms with Gasteiger partial charge in [0.2, 0.25) is 5.88 Å². The van der Waals surface area contributed by atoms with Gasteiger partial charge < -0.3 is 4.74 Å². The van der Waals surface area contributed by atoms with E-state index in [0.29, 0.717) is 5.88 Å². The van der Waals surface area contributed by atoms with Crippen LogP contribution in [0.5, 0.6) is 11.6 Å². The molecule has 37 heavy (non-hydrogen) atoms. The van der Waals surface area contributed by atoms with Crippen molar-refractivity contribution >= 4 is 11.4 Å². The van der Waals surface area contributed by atoms with Crippen LogP contribution in [0.1, 0.15) is 34.8 Å². The summed E-state index contributed by atoms with van der Waals surface area (Å²) in [5.74, 6) is 1.48. The van der Waals surface area contributed by atoms with Gasteiger partial charge in [0.25, 0.3) is 0 Å². The third kappa shape index (κ3) is 4.52. The minimum atomic E-state index is -0.0742. The first-order valence-corrected chi connectivity index (χ1v) is 12.5. The molecule has 0 radical (unpaired) electrons. The number of rotatable bonds is 6. The second-order valence-electron chi connectivity index (χ2n) is 9.28. The minimum Gasteiger partial charge on any atom is -0.439 e. The molecule has 2 heterocycles. The van der Waals surface area contributed by atoms with Crippen LogP contribution in [0, 0.1) is 13.8 Å². The Balaban J connectivity index is 1.50. The van der Waals surface area contributed by atoms with Crippen molar-refractivity contribution in [3.05, 3.63) is 138 Å². The number of aromatic nitrogens is 2. The number of hydrogen-bond donors (Lipinski definition) is 0. The Morgan fingerprint density at radius 3 is 1.95 bits per heavy atom. The molecule has 1 unspecified atom stereocenters. The number of ether oxygens (including phenoxy) is 1. The Kier molecular flexibility index (Phi) is 6.03. The predicted molar refractivity (Wildman–Crippen MR) is 149 cm³/mol. The van der Waals surface area contributed by atoms with E-state index in [2.05, 4.69) is 55.3 Å². The molecule has 0 aliphatic carbocycles. The molecule has 0 bridgehead atoms. The molecule has 0 N–H and O–H groups in total. The van der Waals surface area contributed by atoms with Crippen LogP contribution in [-0.2, 0) is 0 Å². The molecule has 0 amide bonds. The molecule has 182 valence electrons. The van der Waals surface area contributed by atoms with Gasteiger partial charge in [0.05, 0.1) is 34.4 Å². The summed E-state index contributed by atoms with van der Waals surface area (Å²) in [5.41, 5.74) is 7.35. The van der Waals surface area contributed by atoms with Crippen molar-refractivity contribution < 1.29 is 4.74 Å². The number of nitrogens with zero attached hydrogens (tertiary/aromatic N) is 4. The first kappa shape index (κ1) is 22.8. The van der Waals surface area contributed by atoms with E-state index in [1.807, 2.05) is 83.5 Å². The highest BCUT2D eigenvalue weighted by Gasteiger charge is 2.36. The molecule has 0 saturated carbocycles. The lowest BCUT2D eigenvalue weighted by Crippen LogP contribution is -2.19. The van der Waals surface area contributed by atoms with E-state index in [4.69, 9.17) is 14.9 Å². The molecule has 1 aliphatic heterocycles. The van der Waals surface area contributed by atoms with Gasteiger partial charge in [-0.15, -0.1) is 0 Å². The summed E-state index contributed by atoms with van der Waals surface area (Å²) in [7, 11) is 0. The van der Waals surface area contributed by atoms with Gasteiger partial charge in [-0.3, -0.25) is 5.01 Å². The fraction of sp³-hybridized carbons (Fsp3) is 0.125. The highest BCUT2D eigenvalue weighted by Crippen LogP contribution is 2.43. The third-order valence-electron chi connectivity index (χ3n) is 6.67. The molecule has 1 atom stereocenters. The molecule has 0 fully saturated rings. The Hall–Kier alpha value is -4.64. The molecule has 5 aromatic rings. The summed E-state index contributed by atoms with van der Waals surface area (Å²) >= 11 is 0. The minimum absolute atomic E-state index is 0.0742. The van der Waals surface area contributed by atoms with E-state index >= 15 is 0 Å². The normalized spacial score (nSPS) is 15.0. The molecular formula is C32H28N4O. The Morgan fingerprint density at radius 1 is 0.703 bits per heavy atom. The van der Waals surface area contributed by atoms with E-state index in [-0.39, 0.29) is 6.04 Å². The summed E-state index contributed by atoms with van der Waals surface area (Å²) in [5, 5.41) is 12.2. The first-order valence-electron chi connectivity index (χ1n) is 12.5. The van der Waals surface area contributed by atoms with Crippen LogP contribution in [-0.4, -0.2) is 15.5 Å². The van der Waals surface area contributed by atoms with Crippen molar-refractivity contribution in [2.75, 3.05) is 5.01 Å². The van der Waals surface area contributed by atoms with Crippen molar-refractivity contribution in [2.45, 2.75) is 26.3 Å². The highest BCUT2D eigenvalue weighted by atomic mass is 16.5. The SMILES string of the molecule is Cc1ccc(C2=NN(c3ccccc3)C(c3c(C)nn(-c4ccccc4)c3Oc3ccccc3)C2)cc1. The summed E-state index contributed by atoms with van der Waals surface area (Å²) in [6, 6.07) is 38.9. The summed E-state index contributed by atoms with van der Waals surface area (Å²) < 4.78 is 8.50. The maximum absolute atomic E-state index is 6.59. The molecule has 4 aromatic carbocycles. The molecule has 1 aromatic heterocycles. The third-order valence-corrected chi connectivity index (χ3v) is 6.67. The van der Waals surface area contributed by atoms with Crippen LogP contribution < -0.4 is 9.75 Å². The van der Waals surface area contributed by atoms with Crippen molar-refractivity contribution in [1.82, 2.24) is 9.78 Å². The second kappa shape index (κ2) is 9.78. The molecule has 6 rings (SSSR count). The zero-order valence-electron chi connectivity index (χ0n) is 21.0. The van der Waals surface area contributed by atoms with Crippen LogP contribution in [0.2, 0.25) is 0 Å². The number of hydrogen-bond acceptors (Lipinski definition) is 4. The van der Waals surface area contributed by atoms with Gasteiger partial charge in [-0.05, 0) is 55.8 Å². The molecule has 1 aliphatic rings. The number of para-hydroxylation sites is 3. The first-order chi connectivity index (χ1) is 18.2. The second-order valence-corrected chi connectivity index (χ2v) is 9.28. The maximum atomic E-state index is 6.59. The Labute approximate surface area is 217 Å². The van der Waals surface area contributed by atoms with Gasteiger partial charge in [0, 0.05) is 6.42 Å². The van der Waals surface area contributed by atoms with Crippen LogP contribution in [0.15, 0.2) is 120 Å². The largest absolute Gasteiger partial charge is 0.439 e. The van der Waals surface area contributed by atoms with Crippen molar-refractivity contribution in [1.29, 1.82) is 0 Å². The molecular weight excluding hydrogens is 456 g/mol. The lowest BCUT2D eigenvalue weighted by molar-refractivity contribution is 0.434. The summed E-state index contributed by atoms with van der Waals surface area (Å²) in [6.07, 6.45) is 0.741. The van der Waals surface area contributed by atoms with E-state index in [9.17, 15) is 0 Å². The van der Waals surface area contributed by atoms with Crippen LogP contribution >= 0.6 is 0 Å². The van der Waals surface area contributed by atoms with Gasteiger partial charge in [0.15, 0.2) is 0 Å². The fourth-order valence-corrected chi connectivity index (χ4v) is 4.82. The van der Waals surface area contributed by atoms with Crippen molar-refractivity contribution in [3.8, 4) is 17.3 Å². The number of hydrazone groups is 1.